The highest BCUT2D eigenvalue weighted by Crippen LogP contribution is 2.00. The Balaban J connectivity index is 3.17. The van der Waals surface area contributed by atoms with Gasteiger partial charge in [0.1, 0.15) is 0 Å². The zero-order valence-corrected chi connectivity index (χ0v) is 6.16. The van der Waals surface area contributed by atoms with Crippen molar-refractivity contribution in [2.75, 3.05) is 5.33 Å². The number of halogens is 1. The molecular formula is C6H10Br. The standard InChI is InChI=1S/C6H10Br/c1-3-6(2)4-5-7/h3H,1,4-5H2,2H3/b6-3+. The second kappa shape index (κ2) is 4.38. The van der Waals surface area contributed by atoms with Gasteiger partial charge in [-0.2, -0.15) is 0 Å². The molecule has 0 aliphatic heterocycles. The van der Waals surface area contributed by atoms with Crippen molar-refractivity contribution in [1.29, 1.82) is 0 Å². The van der Waals surface area contributed by atoms with Gasteiger partial charge in [-0.3, -0.25) is 0 Å². The van der Waals surface area contributed by atoms with Crippen molar-refractivity contribution >= 4 is 15.9 Å². The SMILES string of the molecule is [CH2]/C=C(\C)CCBr. The Morgan fingerprint density at radius 2 is 2.43 bits per heavy atom. The second-order valence-electron chi connectivity index (χ2n) is 1.49. The fraction of sp³-hybridized carbons (Fsp3) is 0.500. The van der Waals surface area contributed by atoms with Crippen molar-refractivity contribution in [2.45, 2.75) is 13.3 Å². The smallest absolute Gasteiger partial charge is 0.00684 e. The largest absolute Gasteiger partial charge is 0.0925 e. The molecule has 0 saturated heterocycles. The van der Waals surface area contributed by atoms with Crippen molar-refractivity contribution in [1.82, 2.24) is 0 Å². The molecule has 0 rings (SSSR count). The molecule has 0 aromatic heterocycles. The summed E-state index contributed by atoms with van der Waals surface area (Å²) in [6, 6.07) is 0. The van der Waals surface area contributed by atoms with Crippen molar-refractivity contribution in [3.63, 3.8) is 0 Å². The molecule has 0 nitrogen and oxygen atoms in total. The Hall–Kier alpha value is 0.220. The van der Waals surface area contributed by atoms with Crippen LogP contribution in [0, 0.1) is 6.92 Å². The van der Waals surface area contributed by atoms with Crippen molar-refractivity contribution in [3.8, 4) is 0 Å². The first-order valence-corrected chi connectivity index (χ1v) is 3.44. The first kappa shape index (κ1) is 7.22. The van der Waals surface area contributed by atoms with E-state index in [0.29, 0.717) is 0 Å². The quantitative estimate of drug-likeness (QED) is 0.547. The number of hydrogen-bond donors (Lipinski definition) is 0. The van der Waals surface area contributed by atoms with Crippen LogP contribution >= 0.6 is 15.9 Å². The van der Waals surface area contributed by atoms with E-state index in [9.17, 15) is 0 Å². The molecular weight excluding hydrogens is 152 g/mol. The third-order valence-corrected chi connectivity index (χ3v) is 1.23. The molecule has 0 aromatic carbocycles. The van der Waals surface area contributed by atoms with E-state index in [4.69, 9.17) is 0 Å². The molecule has 0 N–H and O–H groups in total. The predicted molar refractivity (Wildman–Crippen MR) is 37.5 cm³/mol. The predicted octanol–water partition coefficient (Wildman–Crippen LogP) is 2.55. The maximum absolute atomic E-state index is 3.62. The number of rotatable bonds is 2. The van der Waals surface area contributed by atoms with Crippen LogP contribution in [0.15, 0.2) is 11.6 Å². The molecule has 0 amide bonds. The van der Waals surface area contributed by atoms with Crippen molar-refractivity contribution < 1.29 is 0 Å². The highest BCUT2D eigenvalue weighted by Gasteiger charge is 1.81. The molecule has 1 heteroatoms. The average molecular weight is 162 g/mol. The van der Waals surface area contributed by atoms with Crippen LogP contribution < -0.4 is 0 Å². The number of alkyl halides is 1. The third kappa shape index (κ3) is 4.07. The monoisotopic (exact) mass is 161 g/mol. The molecule has 0 aliphatic carbocycles. The summed E-state index contributed by atoms with van der Waals surface area (Å²) >= 11 is 3.32. The van der Waals surface area contributed by atoms with Gasteiger partial charge >= 0.3 is 0 Å². The molecule has 0 aliphatic rings. The van der Waals surface area contributed by atoms with Crippen LogP contribution in [0.4, 0.5) is 0 Å². The van der Waals surface area contributed by atoms with E-state index in [2.05, 4.69) is 29.8 Å². The highest BCUT2D eigenvalue weighted by atomic mass is 79.9. The summed E-state index contributed by atoms with van der Waals surface area (Å²) in [5.41, 5.74) is 1.34. The third-order valence-electron chi connectivity index (χ3n) is 0.837. The Morgan fingerprint density at radius 1 is 1.86 bits per heavy atom. The van der Waals surface area contributed by atoms with Crippen LogP contribution in [0.1, 0.15) is 13.3 Å². The minimum atomic E-state index is 1.05. The van der Waals surface area contributed by atoms with Crippen molar-refractivity contribution in [2.24, 2.45) is 0 Å². The van der Waals surface area contributed by atoms with Gasteiger partial charge in [0.2, 0.25) is 0 Å². The van der Waals surface area contributed by atoms with Crippen molar-refractivity contribution in [3.05, 3.63) is 18.6 Å². The maximum atomic E-state index is 3.62. The molecule has 0 unspecified atom stereocenters. The summed E-state index contributed by atoms with van der Waals surface area (Å²) in [6.45, 7) is 5.70. The lowest BCUT2D eigenvalue weighted by Gasteiger charge is -1.89. The fourth-order valence-electron chi connectivity index (χ4n) is 0.251. The zero-order valence-electron chi connectivity index (χ0n) is 4.58. The topological polar surface area (TPSA) is 0 Å². The summed E-state index contributed by atoms with van der Waals surface area (Å²) in [5, 5.41) is 1.05. The van der Waals surface area contributed by atoms with Gasteiger partial charge in [0.05, 0.1) is 0 Å². The molecule has 41 valence electrons. The van der Waals surface area contributed by atoms with E-state index in [-0.39, 0.29) is 0 Å². The van der Waals surface area contributed by atoms with Crippen LogP contribution in [0.25, 0.3) is 0 Å². The Labute approximate surface area is 53.7 Å². The van der Waals surface area contributed by atoms with Gasteiger partial charge < -0.3 is 0 Å². The van der Waals surface area contributed by atoms with E-state index < -0.39 is 0 Å². The fourth-order valence-corrected chi connectivity index (χ4v) is 0.877. The molecule has 0 fully saturated rings. The van der Waals surface area contributed by atoms with E-state index in [1.54, 1.807) is 0 Å². The van der Waals surface area contributed by atoms with Crippen LogP contribution in [-0.4, -0.2) is 5.33 Å². The van der Waals surface area contributed by atoms with Gasteiger partial charge in [-0.1, -0.05) is 27.6 Å². The zero-order chi connectivity index (χ0) is 5.70. The van der Waals surface area contributed by atoms with E-state index in [0.717, 1.165) is 11.8 Å². The van der Waals surface area contributed by atoms with Gasteiger partial charge in [0, 0.05) is 5.33 Å². The van der Waals surface area contributed by atoms with Gasteiger partial charge in [-0.15, -0.1) is 0 Å². The Bertz CT molecular complexity index is 64.6. The lowest BCUT2D eigenvalue weighted by molar-refractivity contribution is 1.12. The average Bonchev–Trinajstić information content (AvgIpc) is 1.68. The van der Waals surface area contributed by atoms with E-state index in [1.165, 1.54) is 5.57 Å². The lowest BCUT2D eigenvalue weighted by atomic mass is 10.2. The number of hydrogen-bond acceptors (Lipinski definition) is 0. The van der Waals surface area contributed by atoms with Crippen LogP contribution in [0.5, 0.6) is 0 Å². The second-order valence-corrected chi connectivity index (χ2v) is 2.28. The normalized spacial score (nSPS) is 12.1. The lowest BCUT2D eigenvalue weighted by Crippen LogP contribution is -1.74. The molecule has 0 saturated carbocycles. The minimum absolute atomic E-state index is 1.05. The molecule has 0 heterocycles. The molecule has 0 bridgehead atoms. The molecule has 0 aromatic rings. The molecule has 0 atom stereocenters. The van der Waals surface area contributed by atoms with Gasteiger partial charge in [0.15, 0.2) is 0 Å². The highest BCUT2D eigenvalue weighted by molar-refractivity contribution is 9.09. The first-order chi connectivity index (χ1) is 3.31. The number of allylic oxidation sites excluding steroid dienone is 2. The maximum Gasteiger partial charge on any atom is 0.00684 e. The van der Waals surface area contributed by atoms with E-state index >= 15 is 0 Å². The summed E-state index contributed by atoms with van der Waals surface area (Å²) in [6.07, 6.45) is 3.00. The molecule has 1 radical (unpaired) electrons. The Morgan fingerprint density at radius 3 is 2.57 bits per heavy atom. The summed E-state index contributed by atoms with van der Waals surface area (Å²) in [5.74, 6) is 0. The summed E-state index contributed by atoms with van der Waals surface area (Å²) < 4.78 is 0. The molecule has 0 spiro atoms. The summed E-state index contributed by atoms with van der Waals surface area (Å²) in [7, 11) is 0. The van der Waals surface area contributed by atoms with E-state index in [1.807, 2.05) is 6.08 Å². The van der Waals surface area contributed by atoms with Gasteiger partial charge in [-0.05, 0) is 20.3 Å². The van der Waals surface area contributed by atoms with Crippen LogP contribution in [0.2, 0.25) is 0 Å². The van der Waals surface area contributed by atoms with Crippen LogP contribution in [0.3, 0.4) is 0 Å². The van der Waals surface area contributed by atoms with Gasteiger partial charge in [0.25, 0.3) is 0 Å². The summed E-state index contributed by atoms with van der Waals surface area (Å²) in [4.78, 5) is 0. The molecule has 7 heavy (non-hydrogen) atoms. The van der Waals surface area contributed by atoms with Gasteiger partial charge in [-0.25, -0.2) is 0 Å². The first-order valence-electron chi connectivity index (χ1n) is 2.32. The Kier molecular flexibility index (Phi) is 4.52. The minimum Gasteiger partial charge on any atom is -0.0925 e. The van der Waals surface area contributed by atoms with Crippen LogP contribution in [-0.2, 0) is 0 Å².